The van der Waals surface area contributed by atoms with Gasteiger partial charge in [0.1, 0.15) is 11.8 Å². The van der Waals surface area contributed by atoms with E-state index in [9.17, 15) is 19.8 Å². The van der Waals surface area contributed by atoms with Gasteiger partial charge in [0, 0.05) is 19.4 Å². The standard InChI is InChI=1S/C15H19NO5/c17-13(18)8-9-15(21,11-5-2-1-3-6-11)16-10-4-7-12(16)14(19)20/h1-3,5-6,12,21H,4,7-10H2,(H,17,18)(H,19,20)/t12-,15?/m0/s1. The number of carboxylic acids is 2. The Kier molecular flexibility index (Phi) is 4.59. The Morgan fingerprint density at radius 2 is 1.90 bits per heavy atom. The zero-order valence-corrected chi connectivity index (χ0v) is 11.6. The second-order valence-corrected chi connectivity index (χ2v) is 5.27. The summed E-state index contributed by atoms with van der Waals surface area (Å²) in [4.78, 5) is 23.7. The lowest BCUT2D eigenvalue weighted by molar-refractivity contribution is -0.165. The molecule has 1 aromatic rings. The second-order valence-electron chi connectivity index (χ2n) is 5.27. The number of carboxylic acid groups (broad SMARTS) is 2. The van der Waals surface area contributed by atoms with Crippen LogP contribution >= 0.6 is 0 Å². The molecule has 0 aromatic heterocycles. The number of benzene rings is 1. The van der Waals surface area contributed by atoms with Gasteiger partial charge in [0.2, 0.25) is 0 Å². The maximum atomic E-state index is 11.4. The van der Waals surface area contributed by atoms with Crippen LogP contribution in [0.5, 0.6) is 0 Å². The molecule has 114 valence electrons. The number of likely N-dealkylation sites (tertiary alicyclic amines) is 1. The topological polar surface area (TPSA) is 98.1 Å². The summed E-state index contributed by atoms with van der Waals surface area (Å²) in [5.74, 6) is -2.01. The predicted molar refractivity (Wildman–Crippen MR) is 74.6 cm³/mol. The van der Waals surface area contributed by atoms with Crippen molar-refractivity contribution in [1.82, 2.24) is 4.90 Å². The predicted octanol–water partition coefficient (Wildman–Crippen LogP) is 1.25. The molecular weight excluding hydrogens is 274 g/mol. The van der Waals surface area contributed by atoms with Crippen LogP contribution in [0.25, 0.3) is 0 Å². The summed E-state index contributed by atoms with van der Waals surface area (Å²) < 4.78 is 0. The van der Waals surface area contributed by atoms with Crippen molar-refractivity contribution in [3.63, 3.8) is 0 Å². The first-order chi connectivity index (χ1) is 9.95. The Hall–Kier alpha value is -1.92. The van der Waals surface area contributed by atoms with E-state index in [0.29, 0.717) is 24.9 Å². The third-order valence-electron chi connectivity index (χ3n) is 3.94. The normalized spacial score (nSPS) is 21.9. The smallest absolute Gasteiger partial charge is 0.321 e. The lowest BCUT2D eigenvalue weighted by Gasteiger charge is -2.39. The summed E-state index contributed by atoms with van der Waals surface area (Å²) in [6.45, 7) is 0.433. The maximum Gasteiger partial charge on any atom is 0.321 e. The van der Waals surface area contributed by atoms with Gasteiger partial charge in [0.05, 0.1) is 0 Å². The van der Waals surface area contributed by atoms with Crippen molar-refractivity contribution < 1.29 is 24.9 Å². The van der Waals surface area contributed by atoms with E-state index in [4.69, 9.17) is 5.11 Å². The molecule has 1 aliphatic rings. The molecule has 0 saturated carbocycles. The van der Waals surface area contributed by atoms with E-state index in [-0.39, 0.29) is 12.8 Å². The van der Waals surface area contributed by atoms with Gasteiger partial charge >= 0.3 is 11.9 Å². The first-order valence-electron chi connectivity index (χ1n) is 6.94. The van der Waals surface area contributed by atoms with Gasteiger partial charge in [-0.25, -0.2) is 0 Å². The molecule has 1 aliphatic heterocycles. The highest BCUT2D eigenvalue weighted by molar-refractivity contribution is 5.74. The van der Waals surface area contributed by atoms with E-state index < -0.39 is 23.7 Å². The molecule has 0 amide bonds. The molecular formula is C15H19NO5. The van der Waals surface area contributed by atoms with Gasteiger partial charge < -0.3 is 15.3 Å². The summed E-state index contributed by atoms with van der Waals surface area (Å²) in [5, 5.41) is 29.2. The van der Waals surface area contributed by atoms with Crippen molar-refractivity contribution in [2.45, 2.75) is 37.5 Å². The molecule has 0 aliphatic carbocycles. The van der Waals surface area contributed by atoms with Crippen molar-refractivity contribution in [2.75, 3.05) is 6.54 Å². The molecule has 0 spiro atoms. The maximum absolute atomic E-state index is 11.4. The fourth-order valence-corrected chi connectivity index (χ4v) is 2.91. The number of aliphatic carboxylic acids is 2. The van der Waals surface area contributed by atoms with Crippen molar-refractivity contribution in [3.8, 4) is 0 Å². The first kappa shape index (κ1) is 15.5. The SMILES string of the molecule is O=C(O)CCC(O)(c1ccccc1)N1CCC[C@H]1C(=O)O. The minimum atomic E-state index is -1.57. The Morgan fingerprint density at radius 1 is 1.24 bits per heavy atom. The van der Waals surface area contributed by atoms with E-state index >= 15 is 0 Å². The van der Waals surface area contributed by atoms with Crippen LogP contribution in [0.1, 0.15) is 31.2 Å². The van der Waals surface area contributed by atoms with Crippen molar-refractivity contribution in [3.05, 3.63) is 35.9 Å². The number of hydrogen-bond donors (Lipinski definition) is 3. The van der Waals surface area contributed by atoms with Crippen LogP contribution in [-0.2, 0) is 15.3 Å². The van der Waals surface area contributed by atoms with E-state index in [1.54, 1.807) is 30.3 Å². The minimum Gasteiger partial charge on any atom is -0.481 e. The molecule has 0 bridgehead atoms. The molecule has 1 fully saturated rings. The van der Waals surface area contributed by atoms with Crippen molar-refractivity contribution in [2.24, 2.45) is 0 Å². The molecule has 1 unspecified atom stereocenters. The van der Waals surface area contributed by atoms with E-state index in [1.807, 2.05) is 0 Å². The van der Waals surface area contributed by atoms with Crippen LogP contribution < -0.4 is 0 Å². The highest BCUT2D eigenvalue weighted by Crippen LogP contribution is 2.36. The van der Waals surface area contributed by atoms with Crippen LogP contribution in [-0.4, -0.2) is 44.7 Å². The zero-order valence-electron chi connectivity index (χ0n) is 11.6. The van der Waals surface area contributed by atoms with E-state index in [0.717, 1.165) is 0 Å². The monoisotopic (exact) mass is 293 g/mol. The van der Waals surface area contributed by atoms with Gasteiger partial charge in [0.15, 0.2) is 0 Å². The average molecular weight is 293 g/mol. The van der Waals surface area contributed by atoms with Gasteiger partial charge in [-0.15, -0.1) is 0 Å². The summed E-state index contributed by atoms with van der Waals surface area (Å²) in [5.41, 5.74) is -1.04. The summed E-state index contributed by atoms with van der Waals surface area (Å²) in [6, 6.07) is 7.88. The number of carbonyl (C=O) groups is 2. The molecule has 0 radical (unpaired) electrons. The quantitative estimate of drug-likeness (QED) is 0.730. The van der Waals surface area contributed by atoms with Gasteiger partial charge in [-0.05, 0) is 18.4 Å². The molecule has 3 N–H and O–H groups in total. The molecule has 1 aromatic carbocycles. The lowest BCUT2D eigenvalue weighted by atomic mass is 9.94. The number of rotatable bonds is 6. The summed E-state index contributed by atoms with van der Waals surface area (Å²) >= 11 is 0. The Bertz CT molecular complexity index is 518. The van der Waals surface area contributed by atoms with Crippen LogP contribution in [0.4, 0.5) is 0 Å². The average Bonchev–Trinajstić information content (AvgIpc) is 2.96. The molecule has 2 rings (SSSR count). The molecule has 21 heavy (non-hydrogen) atoms. The highest BCUT2D eigenvalue weighted by atomic mass is 16.4. The lowest BCUT2D eigenvalue weighted by Crippen LogP contribution is -2.51. The summed E-state index contributed by atoms with van der Waals surface area (Å²) in [7, 11) is 0. The Balaban J connectivity index is 2.35. The zero-order chi connectivity index (χ0) is 15.5. The second kappa shape index (κ2) is 6.24. The molecule has 6 nitrogen and oxygen atoms in total. The van der Waals surface area contributed by atoms with Crippen LogP contribution in [0.2, 0.25) is 0 Å². The fourth-order valence-electron chi connectivity index (χ4n) is 2.91. The van der Waals surface area contributed by atoms with Crippen molar-refractivity contribution in [1.29, 1.82) is 0 Å². The van der Waals surface area contributed by atoms with E-state index in [2.05, 4.69) is 0 Å². The highest BCUT2D eigenvalue weighted by Gasteiger charge is 2.45. The number of aliphatic hydroxyl groups is 1. The van der Waals surface area contributed by atoms with Crippen LogP contribution in [0.15, 0.2) is 30.3 Å². The van der Waals surface area contributed by atoms with Crippen molar-refractivity contribution >= 4 is 11.9 Å². The Morgan fingerprint density at radius 3 is 2.48 bits per heavy atom. The van der Waals surface area contributed by atoms with Crippen LogP contribution in [0, 0.1) is 0 Å². The largest absolute Gasteiger partial charge is 0.481 e. The number of hydrogen-bond acceptors (Lipinski definition) is 4. The minimum absolute atomic E-state index is 0.0455. The third-order valence-corrected chi connectivity index (χ3v) is 3.94. The van der Waals surface area contributed by atoms with E-state index in [1.165, 1.54) is 4.90 Å². The molecule has 1 saturated heterocycles. The molecule has 6 heteroatoms. The Labute approximate surface area is 122 Å². The number of nitrogens with zero attached hydrogens (tertiary/aromatic N) is 1. The first-order valence-corrected chi connectivity index (χ1v) is 6.94. The third kappa shape index (κ3) is 3.22. The van der Waals surface area contributed by atoms with Gasteiger partial charge in [-0.1, -0.05) is 30.3 Å². The fraction of sp³-hybridized carbons (Fsp3) is 0.467. The van der Waals surface area contributed by atoms with Gasteiger partial charge in [-0.2, -0.15) is 0 Å². The molecule has 2 atom stereocenters. The van der Waals surface area contributed by atoms with Gasteiger partial charge in [0.25, 0.3) is 0 Å². The summed E-state index contributed by atoms with van der Waals surface area (Å²) in [6.07, 6.45) is 0.848. The molecule has 1 heterocycles. The van der Waals surface area contributed by atoms with Crippen LogP contribution in [0.3, 0.4) is 0 Å². The van der Waals surface area contributed by atoms with Gasteiger partial charge in [-0.3, -0.25) is 14.5 Å².